The summed E-state index contributed by atoms with van der Waals surface area (Å²) in [4.78, 5) is 12.9. The quantitative estimate of drug-likeness (QED) is 0.283. The van der Waals surface area contributed by atoms with Crippen molar-refractivity contribution in [2.24, 2.45) is 4.99 Å². The maximum absolute atomic E-state index is 12.1. The van der Waals surface area contributed by atoms with Gasteiger partial charge in [-0.3, -0.25) is 15.0 Å². The Kier molecular flexibility index (Phi) is 10.5. The molecule has 7 heteroatoms. The Bertz CT molecular complexity index is 1160. The summed E-state index contributed by atoms with van der Waals surface area (Å²) in [5, 5.41) is 24.6. The topological polar surface area (TPSA) is 84.3 Å². The Balaban J connectivity index is 0.000000340. The number of hydrogen-bond acceptors (Lipinski definition) is 5. The summed E-state index contributed by atoms with van der Waals surface area (Å²) >= 11 is 6.16. The van der Waals surface area contributed by atoms with E-state index in [1.54, 1.807) is 24.7 Å². The molecule has 0 fully saturated rings. The summed E-state index contributed by atoms with van der Waals surface area (Å²) in [5.41, 5.74) is 5.19. The first-order valence-electron chi connectivity index (χ1n) is 11.2. The molecule has 3 rings (SSSR count). The molecule has 5 nitrogen and oxygen atoms in total. The molecule has 0 saturated carbocycles. The molecule has 3 aromatic rings. The number of aryl methyl sites for hydroxylation is 2. The van der Waals surface area contributed by atoms with Crippen molar-refractivity contribution in [3.8, 4) is 11.5 Å². The van der Waals surface area contributed by atoms with Gasteiger partial charge in [0, 0.05) is 17.4 Å². The molecule has 2 aromatic carbocycles. The summed E-state index contributed by atoms with van der Waals surface area (Å²) in [6.07, 6.45) is 5.07. The van der Waals surface area contributed by atoms with Crippen LogP contribution in [0.5, 0.6) is 11.5 Å². The fourth-order valence-corrected chi connectivity index (χ4v) is 4.04. The second kappa shape index (κ2) is 12.0. The van der Waals surface area contributed by atoms with Gasteiger partial charge in [0.25, 0.3) is 0 Å². The number of para-hydroxylation sites is 1. The number of halogens is 1. The van der Waals surface area contributed by atoms with E-state index in [0.717, 1.165) is 17.1 Å². The third kappa shape index (κ3) is 7.78. The van der Waals surface area contributed by atoms with Gasteiger partial charge >= 0.3 is 16.5 Å². The van der Waals surface area contributed by atoms with Crippen molar-refractivity contribution in [3.63, 3.8) is 0 Å². The first-order valence-corrected chi connectivity index (χ1v) is 11.6. The minimum atomic E-state index is -0.463. The first-order chi connectivity index (χ1) is 15.6. The average Bonchev–Trinajstić information content (AvgIpc) is 2.73. The van der Waals surface area contributed by atoms with E-state index in [4.69, 9.17) is 11.6 Å². The van der Waals surface area contributed by atoms with Gasteiger partial charge in [-0.2, -0.15) is 0 Å². The van der Waals surface area contributed by atoms with Crippen molar-refractivity contribution >= 4 is 23.0 Å². The average molecular weight is 539 g/mol. The molecule has 0 radical (unpaired) electrons. The molecule has 0 bridgehead atoms. The summed E-state index contributed by atoms with van der Waals surface area (Å²) < 4.78 is 0. The maximum Gasteiger partial charge on any atom is 2.00 e. The molecule has 0 spiro atoms. The van der Waals surface area contributed by atoms with Crippen molar-refractivity contribution in [2.45, 2.75) is 73.1 Å². The monoisotopic (exact) mass is 537 g/mol. The van der Waals surface area contributed by atoms with Crippen LogP contribution in [0.25, 0.3) is 0 Å². The minimum absolute atomic E-state index is 0. The van der Waals surface area contributed by atoms with Crippen LogP contribution < -0.4 is 10.2 Å². The Morgan fingerprint density at radius 2 is 1.49 bits per heavy atom. The molecule has 0 unspecified atom stereocenters. The molecule has 190 valence electrons. The molecule has 0 amide bonds. The Morgan fingerprint density at radius 1 is 0.914 bits per heavy atom. The van der Waals surface area contributed by atoms with E-state index in [2.05, 4.69) is 40.9 Å². The van der Waals surface area contributed by atoms with Crippen molar-refractivity contribution < 1.29 is 26.7 Å². The smallest absolute Gasteiger partial charge is 0.873 e. The first kappa shape index (κ1) is 30.6. The van der Waals surface area contributed by atoms with Gasteiger partial charge in [-0.15, -0.1) is 11.5 Å². The molecular weight excluding hydrogens is 504 g/mol. The van der Waals surface area contributed by atoms with E-state index in [1.807, 2.05) is 54.5 Å². The van der Waals surface area contributed by atoms with Crippen molar-refractivity contribution in [1.82, 2.24) is 9.97 Å². The van der Waals surface area contributed by atoms with Crippen LogP contribution >= 0.6 is 11.6 Å². The van der Waals surface area contributed by atoms with Crippen LogP contribution in [-0.4, -0.2) is 15.7 Å². The Morgan fingerprint density at radius 3 is 1.94 bits per heavy atom. The van der Waals surface area contributed by atoms with E-state index in [1.165, 1.54) is 11.1 Å². The van der Waals surface area contributed by atoms with E-state index in [0.29, 0.717) is 16.1 Å². The van der Waals surface area contributed by atoms with Gasteiger partial charge in [0.15, 0.2) is 0 Å². The SMILES string of the molecule is CC(=Nc1c(C)cccc1C)c1cnccn1.CC(C)(C)c1cc(Cl)c(C(C)(C)C)c([O-])c1[O-].[Ni+2]. The molecule has 1 heterocycles. The standard InChI is InChI=1S/C14H21ClO2.C14H15N3.Ni/c1-13(2,3)8-7-9(15)10(14(4,5)6)12(17)11(8)16;1-10-5-4-6-11(2)14(10)17-12(3)13-9-15-7-8-16-13;/h7,16-17H,1-6H3;4-9H,1-3H3;/q;;+2/p-2. The van der Waals surface area contributed by atoms with Crippen LogP contribution in [0.15, 0.2) is 47.8 Å². The third-order valence-electron chi connectivity index (χ3n) is 5.40. The third-order valence-corrected chi connectivity index (χ3v) is 5.70. The fourth-order valence-electron chi connectivity index (χ4n) is 3.56. The van der Waals surface area contributed by atoms with Gasteiger partial charge in [-0.25, -0.2) is 0 Å². The summed E-state index contributed by atoms with van der Waals surface area (Å²) in [6.45, 7) is 17.4. The summed E-state index contributed by atoms with van der Waals surface area (Å²) in [6, 6.07) is 7.82. The van der Waals surface area contributed by atoms with Crippen LogP contribution in [-0.2, 0) is 27.3 Å². The van der Waals surface area contributed by atoms with Gasteiger partial charge in [-0.1, -0.05) is 71.3 Å². The number of benzene rings is 2. The molecule has 0 N–H and O–H groups in total. The van der Waals surface area contributed by atoms with E-state index >= 15 is 0 Å². The van der Waals surface area contributed by atoms with Crippen LogP contribution in [0.4, 0.5) is 5.69 Å². The summed E-state index contributed by atoms with van der Waals surface area (Å²) in [7, 11) is 0. The predicted molar refractivity (Wildman–Crippen MR) is 138 cm³/mol. The maximum atomic E-state index is 12.1. The van der Waals surface area contributed by atoms with Crippen LogP contribution in [0.3, 0.4) is 0 Å². The van der Waals surface area contributed by atoms with Gasteiger partial charge in [-0.05, 0) is 59.9 Å². The number of hydrogen-bond donors (Lipinski definition) is 0. The van der Waals surface area contributed by atoms with E-state index < -0.39 is 16.9 Å². The van der Waals surface area contributed by atoms with Crippen molar-refractivity contribution in [1.29, 1.82) is 0 Å². The second-order valence-electron chi connectivity index (χ2n) is 10.5. The fraction of sp³-hybridized carbons (Fsp3) is 0.393. The molecule has 35 heavy (non-hydrogen) atoms. The van der Waals surface area contributed by atoms with E-state index in [9.17, 15) is 10.2 Å². The molecule has 0 saturated heterocycles. The van der Waals surface area contributed by atoms with Crippen LogP contribution in [0, 0.1) is 13.8 Å². The number of aliphatic imine (C=N–C) groups is 1. The molecule has 1 aromatic heterocycles. The van der Waals surface area contributed by atoms with Crippen LogP contribution in [0.2, 0.25) is 5.02 Å². The second-order valence-corrected chi connectivity index (χ2v) is 10.9. The predicted octanol–water partition coefficient (Wildman–Crippen LogP) is 6.31. The number of rotatable bonds is 2. The zero-order valence-corrected chi connectivity index (χ0v) is 23.6. The minimum Gasteiger partial charge on any atom is -0.873 e. The summed E-state index contributed by atoms with van der Waals surface area (Å²) in [5.74, 6) is -0.887. The van der Waals surface area contributed by atoms with Crippen molar-refractivity contribution in [3.05, 3.63) is 75.8 Å². The van der Waals surface area contributed by atoms with Gasteiger partial charge in [0.2, 0.25) is 0 Å². The van der Waals surface area contributed by atoms with Crippen molar-refractivity contribution in [2.75, 3.05) is 0 Å². The Hall–Kier alpha value is -2.43. The zero-order valence-electron chi connectivity index (χ0n) is 21.9. The van der Waals surface area contributed by atoms with E-state index in [-0.39, 0.29) is 21.9 Å². The number of nitrogens with zero attached hydrogens (tertiary/aromatic N) is 3. The van der Waals surface area contributed by atoms with Gasteiger partial charge in [0.1, 0.15) is 5.69 Å². The molecular formula is C28H34ClN3NiO2. The number of aromatic nitrogens is 2. The largest absolute Gasteiger partial charge is 2.00 e. The molecule has 0 atom stereocenters. The Labute approximate surface area is 224 Å². The molecule has 0 aliphatic rings. The molecule has 0 aliphatic heterocycles. The zero-order chi connectivity index (χ0) is 25.8. The van der Waals surface area contributed by atoms with Gasteiger partial charge < -0.3 is 10.2 Å². The normalized spacial score (nSPS) is 11.9. The molecule has 0 aliphatic carbocycles. The van der Waals surface area contributed by atoms with Gasteiger partial charge in [0.05, 0.1) is 17.6 Å². The van der Waals surface area contributed by atoms with Crippen LogP contribution in [0.1, 0.15) is 76.4 Å².